The van der Waals surface area contributed by atoms with Gasteiger partial charge in [0.1, 0.15) is 6.61 Å². The second kappa shape index (κ2) is 9.94. The van der Waals surface area contributed by atoms with Crippen molar-refractivity contribution < 1.29 is 14.3 Å². The molecular weight excluding hydrogens is 366 g/mol. The molecule has 1 amide bonds. The molecule has 148 valence electrons. The number of aromatic nitrogens is 2. The fourth-order valence-electron chi connectivity index (χ4n) is 2.67. The van der Waals surface area contributed by atoms with Crippen molar-refractivity contribution in [2.75, 3.05) is 13.7 Å². The molecule has 1 N–H and O–H groups in total. The van der Waals surface area contributed by atoms with E-state index in [1.54, 1.807) is 31.8 Å². The van der Waals surface area contributed by atoms with Crippen molar-refractivity contribution in [2.24, 2.45) is 0 Å². The molecule has 0 aliphatic rings. The van der Waals surface area contributed by atoms with Gasteiger partial charge in [-0.3, -0.25) is 4.79 Å². The minimum atomic E-state index is -0.172. The summed E-state index contributed by atoms with van der Waals surface area (Å²) in [6.07, 6.45) is 10.3. The molecule has 0 spiro atoms. The lowest BCUT2D eigenvalue weighted by molar-refractivity contribution is -0.116. The highest BCUT2D eigenvalue weighted by molar-refractivity contribution is 5.91. The van der Waals surface area contributed by atoms with E-state index < -0.39 is 0 Å². The first-order chi connectivity index (χ1) is 14.2. The Labute approximate surface area is 170 Å². The van der Waals surface area contributed by atoms with E-state index in [0.29, 0.717) is 24.7 Å². The molecule has 0 fully saturated rings. The molecular formula is C23H23N3O3. The number of nitrogens with zero attached hydrogens (tertiary/aromatic N) is 2. The van der Waals surface area contributed by atoms with Crippen LogP contribution in [0.3, 0.4) is 0 Å². The van der Waals surface area contributed by atoms with Crippen LogP contribution in [0.1, 0.15) is 11.1 Å². The topological polar surface area (TPSA) is 65.4 Å². The van der Waals surface area contributed by atoms with Crippen molar-refractivity contribution in [1.82, 2.24) is 14.9 Å². The molecule has 0 aliphatic heterocycles. The summed E-state index contributed by atoms with van der Waals surface area (Å²) in [7, 11) is 1.58. The lowest BCUT2D eigenvalue weighted by atomic mass is 10.2. The van der Waals surface area contributed by atoms with E-state index >= 15 is 0 Å². The zero-order chi connectivity index (χ0) is 20.5. The number of rotatable bonds is 9. The standard InChI is InChI=1S/C23H23N3O3/c1-3-14-29-21-10-6-18(15-22(21)28-2)7-11-23(27)25-16-19-4-8-20(9-5-19)26-13-12-24-17-26/h3-13,15,17H,1,14,16H2,2H3,(H,25,27)/b11-7+. The van der Waals surface area contributed by atoms with Crippen molar-refractivity contribution in [2.45, 2.75) is 6.54 Å². The number of hydrogen-bond donors (Lipinski definition) is 1. The molecule has 0 unspecified atom stereocenters. The number of hydrogen-bond acceptors (Lipinski definition) is 4. The predicted octanol–water partition coefficient (Wildman–Crippen LogP) is 3.78. The molecule has 3 aromatic rings. The number of benzene rings is 2. The summed E-state index contributed by atoms with van der Waals surface area (Å²) in [4.78, 5) is 16.2. The lowest BCUT2D eigenvalue weighted by Gasteiger charge is -2.09. The first-order valence-electron chi connectivity index (χ1n) is 9.14. The fourth-order valence-corrected chi connectivity index (χ4v) is 2.67. The average Bonchev–Trinajstić information content (AvgIpc) is 3.30. The van der Waals surface area contributed by atoms with Crippen LogP contribution < -0.4 is 14.8 Å². The average molecular weight is 389 g/mol. The third kappa shape index (κ3) is 5.59. The van der Waals surface area contributed by atoms with Gasteiger partial charge in [0.2, 0.25) is 5.91 Å². The van der Waals surface area contributed by atoms with Crippen LogP contribution in [0.25, 0.3) is 11.8 Å². The molecule has 0 bridgehead atoms. The molecule has 29 heavy (non-hydrogen) atoms. The maximum Gasteiger partial charge on any atom is 0.244 e. The summed E-state index contributed by atoms with van der Waals surface area (Å²) in [5.41, 5.74) is 2.88. The quantitative estimate of drug-likeness (QED) is 0.447. The molecule has 1 aromatic heterocycles. The Morgan fingerprint density at radius 2 is 2.03 bits per heavy atom. The van der Waals surface area contributed by atoms with Crippen LogP contribution in [0.4, 0.5) is 0 Å². The van der Waals surface area contributed by atoms with Gasteiger partial charge < -0.3 is 19.4 Å². The van der Waals surface area contributed by atoms with E-state index in [-0.39, 0.29) is 5.91 Å². The third-order valence-electron chi connectivity index (χ3n) is 4.18. The van der Waals surface area contributed by atoms with Crippen LogP contribution in [0.2, 0.25) is 0 Å². The molecule has 0 saturated carbocycles. The molecule has 0 aliphatic carbocycles. The van der Waals surface area contributed by atoms with Crippen molar-refractivity contribution in [1.29, 1.82) is 0 Å². The van der Waals surface area contributed by atoms with Crippen molar-refractivity contribution >= 4 is 12.0 Å². The summed E-state index contributed by atoms with van der Waals surface area (Å²) < 4.78 is 12.8. The summed E-state index contributed by atoms with van der Waals surface area (Å²) in [6, 6.07) is 13.4. The maximum atomic E-state index is 12.1. The van der Waals surface area contributed by atoms with Gasteiger partial charge in [-0.1, -0.05) is 30.9 Å². The zero-order valence-corrected chi connectivity index (χ0v) is 16.2. The second-order valence-electron chi connectivity index (χ2n) is 6.20. The van der Waals surface area contributed by atoms with Gasteiger partial charge in [-0.2, -0.15) is 0 Å². The second-order valence-corrected chi connectivity index (χ2v) is 6.20. The number of carbonyl (C=O) groups is 1. The van der Waals surface area contributed by atoms with Gasteiger partial charge in [-0.25, -0.2) is 4.98 Å². The summed E-state index contributed by atoms with van der Waals surface area (Å²) in [5.74, 6) is 1.06. The molecule has 6 heteroatoms. The van der Waals surface area contributed by atoms with E-state index in [9.17, 15) is 4.79 Å². The summed E-state index contributed by atoms with van der Waals surface area (Å²) >= 11 is 0. The van der Waals surface area contributed by atoms with E-state index in [2.05, 4.69) is 16.9 Å². The van der Waals surface area contributed by atoms with Gasteiger partial charge in [0.15, 0.2) is 11.5 Å². The largest absolute Gasteiger partial charge is 0.493 e. The van der Waals surface area contributed by atoms with Gasteiger partial charge in [-0.15, -0.1) is 0 Å². The molecule has 0 saturated heterocycles. The van der Waals surface area contributed by atoms with Crippen LogP contribution in [0.15, 0.2) is 79.9 Å². The maximum absolute atomic E-state index is 12.1. The number of nitrogens with one attached hydrogen (secondary N) is 1. The van der Waals surface area contributed by atoms with Crippen LogP contribution in [0, 0.1) is 0 Å². The van der Waals surface area contributed by atoms with E-state index in [1.807, 2.05) is 53.2 Å². The Morgan fingerprint density at radius 1 is 1.21 bits per heavy atom. The van der Waals surface area contributed by atoms with Gasteiger partial charge in [0, 0.05) is 30.7 Å². The normalized spacial score (nSPS) is 10.7. The number of amides is 1. The Morgan fingerprint density at radius 3 is 2.72 bits per heavy atom. The number of ether oxygens (including phenoxy) is 2. The number of imidazole rings is 1. The lowest BCUT2D eigenvalue weighted by Crippen LogP contribution is -2.20. The smallest absolute Gasteiger partial charge is 0.244 e. The molecule has 2 aromatic carbocycles. The number of carbonyl (C=O) groups excluding carboxylic acids is 1. The van der Waals surface area contributed by atoms with Gasteiger partial charge in [-0.05, 0) is 41.5 Å². The highest BCUT2D eigenvalue weighted by atomic mass is 16.5. The van der Waals surface area contributed by atoms with Gasteiger partial charge in [0.05, 0.1) is 13.4 Å². The Balaban J connectivity index is 1.55. The van der Waals surface area contributed by atoms with E-state index in [1.165, 1.54) is 6.08 Å². The summed E-state index contributed by atoms with van der Waals surface area (Å²) in [5, 5.41) is 2.88. The minimum Gasteiger partial charge on any atom is -0.493 e. The molecule has 6 nitrogen and oxygen atoms in total. The van der Waals surface area contributed by atoms with Gasteiger partial charge >= 0.3 is 0 Å². The monoisotopic (exact) mass is 389 g/mol. The molecule has 3 rings (SSSR count). The van der Waals surface area contributed by atoms with Gasteiger partial charge in [0.25, 0.3) is 0 Å². The van der Waals surface area contributed by atoms with Crippen molar-refractivity contribution in [3.8, 4) is 17.2 Å². The third-order valence-corrected chi connectivity index (χ3v) is 4.18. The molecule has 0 radical (unpaired) electrons. The van der Waals surface area contributed by atoms with Crippen LogP contribution in [-0.4, -0.2) is 29.2 Å². The highest BCUT2D eigenvalue weighted by Crippen LogP contribution is 2.28. The SMILES string of the molecule is C=CCOc1ccc(/C=C/C(=O)NCc2ccc(-n3ccnc3)cc2)cc1OC. The van der Waals surface area contributed by atoms with Crippen LogP contribution >= 0.6 is 0 Å². The predicted molar refractivity (Wildman–Crippen MR) is 113 cm³/mol. The molecule has 0 atom stereocenters. The fraction of sp³-hybridized carbons (Fsp3) is 0.130. The number of methoxy groups -OCH3 is 1. The summed E-state index contributed by atoms with van der Waals surface area (Å²) in [6.45, 7) is 4.48. The van der Waals surface area contributed by atoms with E-state index in [4.69, 9.17) is 9.47 Å². The van der Waals surface area contributed by atoms with E-state index in [0.717, 1.165) is 16.8 Å². The first kappa shape index (κ1) is 19.9. The van der Waals surface area contributed by atoms with Crippen LogP contribution in [-0.2, 0) is 11.3 Å². The minimum absolute atomic E-state index is 0.172. The first-order valence-corrected chi connectivity index (χ1v) is 9.14. The zero-order valence-electron chi connectivity index (χ0n) is 16.2. The van der Waals surface area contributed by atoms with Crippen LogP contribution in [0.5, 0.6) is 11.5 Å². The Hall–Kier alpha value is -3.80. The van der Waals surface area contributed by atoms with Crippen molar-refractivity contribution in [3.05, 3.63) is 91.0 Å². The Bertz CT molecular complexity index is 977. The van der Waals surface area contributed by atoms with Crippen molar-refractivity contribution in [3.63, 3.8) is 0 Å². The Kier molecular flexibility index (Phi) is 6.84. The molecule has 1 heterocycles. The highest BCUT2D eigenvalue weighted by Gasteiger charge is 2.04.